The zero-order valence-electron chi connectivity index (χ0n) is 82.9. The summed E-state index contributed by atoms with van der Waals surface area (Å²) >= 11 is 0. The average molecular weight is 2450 g/mol. The fraction of sp³-hybridized carbons (Fsp3) is 0.0870. The van der Waals surface area contributed by atoms with Crippen LogP contribution in [0.25, 0.3) is 218 Å². The zero-order valence-corrected chi connectivity index (χ0v) is 90.1. The normalized spacial score (nSPS) is 13.3. The van der Waals surface area contributed by atoms with E-state index in [1.54, 1.807) is 12.3 Å². The molecule has 0 unspecified atom stereocenters. The quantitative estimate of drug-likeness (QED) is 0.125. The molecular formula is C138H97Ir3N6O2-2. The van der Waals surface area contributed by atoms with E-state index in [1.165, 1.54) is 186 Å². The molecule has 0 saturated heterocycles. The Morgan fingerprint density at radius 1 is 0.315 bits per heavy atom. The molecule has 11 heteroatoms. The van der Waals surface area contributed by atoms with Crippen LogP contribution >= 0.6 is 0 Å². The van der Waals surface area contributed by atoms with Gasteiger partial charge in [0.25, 0.3) is 0 Å². The molecule has 0 atom stereocenters. The maximum absolute atomic E-state index is 10.6. The number of anilines is 3. The molecule has 0 spiro atoms. The number of fused-ring (bicyclic) bond motifs is 36. The number of carboxylic acid groups (broad SMARTS) is 1. The molecular weight excluding hydrogens is 2350 g/mol. The van der Waals surface area contributed by atoms with Gasteiger partial charge in [-0.15, -0.1) is 117 Å². The van der Waals surface area contributed by atoms with Gasteiger partial charge in [-0.3, -0.25) is 15.0 Å². The van der Waals surface area contributed by atoms with Gasteiger partial charge in [0.1, 0.15) is 5.69 Å². The number of carboxylic acids is 1. The Hall–Kier alpha value is -15.9. The van der Waals surface area contributed by atoms with Crippen molar-refractivity contribution in [3.05, 3.63) is 495 Å². The first-order valence-electron chi connectivity index (χ1n) is 50.4. The molecule has 8 nitrogen and oxygen atoms in total. The number of carbonyl (C=O) groups is 1. The van der Waals surface area contributed by atoms with Crippen molar-refractivity contribution in [3.63, 3.8) is 0 Å². The van der Waals surface area contributed by atoms with Crippen molar-refractivity contribution in [1.82, 2.24) is 19.9 Å². The first-order valence-corrected chi connectivity index (χ1v) is 50.4. The minimum Gasteiger partial charge on any atom is -0.504 e. The first kappa shape index (κ1) is 96.5. The minimum atomic E-state index is -0.995. The maximum atomic E-state index is 10.6. The summed E-state index contributed by atoms with van der Waals surface area (Å²) in [7, 11) is 2.07. The summed E-state index contributed by atoms with van der Waals surface area (Å²) in [6.07, 6.45) is 3.67. The van der Waals surface area contributed by atoms with E-state index in [9.17, 15) is 4.79 Å². The van der Waals surface area contributed by atoms with Crippen LogP contribution in [0.5, 0.6) is 0 Å². The van der Waals surface area contributed by atoms with Crippen molar-refractivity contribution in [1.29, 1.82) is 0 Å². The number of nitrogens with zero attached hydrogens (tertiary/aromatic N) is 6. The fourth-order valence-corrected chi connectivity index (χ4v) is 24.3. The zero-order chi connectivity index (χ0) is 98.4. The van der Waals surface area contributed by atoms with Crippen molar-refractivity contribution < 1.29 is 70.2 Å². The van der Waals surface area contributed by atoms with E-state index in [-0.39, 0.29) is 82.3 Å². The van der Waals surface area contributed by atoms with E-state index in [0.29, 0.717) is 0 Å². The van der Waals surface area contributed by atoms with Crippen LogP contribution in [0.15, 0.2) is 425 Å². The van der Waals surface area contributed by atoms with Crippen LogP contribution in [-0.4, -0.2) is 38.1 Å². The van der Waals surface area contributed by atoms with Gasteiger partial charge in [0.05, 0.1) is 16.6 Å². The number of aromatic nitrogens is 4. The number of hydrogen-bond donors (Lipinski definition) is 1. The summed E-state index contributed by atoms with van der Waals surface area (Å²) in [4.78, 5) is 33.6. The van der Waals surface area contributed by atoms with E-state index in [0.717, 1.165) is 95.8 Å². The number of benzene rings is 22. The van der Waals surface area contributed by atoms with Gasteiger partial charge in [0.2, 0.25) is 0 Å². The summed E-state index contributed by atoms with van der Waals surface area (Å²) in [6.45, 7) is 16.2. The van der Waals surface area contributed by atoms with E-state index >= 15 is 0 Å². The van der Waals surface area contributed by atoms with E-state index in [4.69, 9.17) is 20.1 Å². The van der Waals surface area contributed by atoms with Gasteiger partial charge < -0.3 is 14.9 Å². The Bertz CT molecular complexity index is 9860. The maximum Gasteiger partial charge on any atom is 3.00 e. The molecule has 26 aromatic rings. The second-order valence-corrected chi connectivity index (χ2v) is 40.0. The molecule has 0 saturated carbocycles. The number of aromatic carboxylic acids is 1. The Morgan fingerprint density at radius 3 is 1.13 bits per heavy atom. The van der Waals surface area contributed by atoms with Gasteiger partial charge in [-0.05, 0) is 231 Å². The van der Waals surface area contributed by atoms with Crippen LogP contribution in [0.2, 0.25) is 0 Å². The van der Waals surface area contributed by atoms with Crippen molar-refractivity contribution in [2.75, 3.05) is 16.8 Å². The number of rotatable bonds is 7. The molecule has 5 heterocycles. The van der Waals surface area contributed by atoms with Crippen LogP contribution in [-0.2, 0) is 76.6 Å². The van der Waals surface area contributed by atoms with E-state index < -0.39 is 5.97 Å². The molecule has 1 aliphatic heterocycles. The Balaban J connectivity index is 0.000000106. The molecule has 0 amide bonds. The van der Waals surface area contributed by atoms with Crippen LogP contribution in [0, 0.1) is 30.9 Å². The van der Waals surface area contributed by atoms with Crippen LogP contribution < -0.4 is 9.80 Å². The van der Waals surface area contributed by atoms with Gasteiger partial charge in [0.15, 0.2) is 0 Å². The molecule has 3 aliphatic carbocycles. The van der Waals surface area contributed by atoms with Crippen molar-refractivity contribution in [2.45, 2.75) is 70.6 Å². The van der Waals surface area contributed by atoms with Gasteiger partial charge in [-0.25, -0.2) is 9.78 Å². The van der Waals surface area contributed by atoms with Crippen molar-refractivity contribution in [2.24, 2.45) is 0 Å². The molecule has 4 aromatic heterocycles. The van der Waals surface area contributed by atoms with Crippen LogP contribution in [0.3, 0.4) is 0 Å². The molecule has 0 bridgehead atoms. The molecule has 149 heavy (non-hydrogen) atoms. The molecule has 0 fully saturated rings. The molecule has 4 aliphatic rings. The summed E-state index contributed by atoms with van der Waals surface area (Å²) in [6, 6.07) is 163. The standard InChI is InChI=1S/C38H28N.2C36H24N.C18H14N2.C10H7NO2.3Ir/c1-3-38(4-2)32-21-20-30-28-14-7-6-12-26(28)27-13-8-9-15-29(27)36(30)37(32)31-19-17-25(23-33(31)38)35-22-18-24-11-5-10-16-34(24)39-35;1-36(2)31-21-23(33-20-16-22-9-3-8-14-32(22)37-33)15-17-27(31)30-19-18-29-26-12-5-4-10-24(26)25-11-6-7-13-28(25)34(29)35(30)36;1-36(2)30-19-18-28-26-12-5-4-10-24(26)25-11-6-7-13-27(25)34(28)35(30)29-17-15-23(21-31(29)36)33-20-16-22-9-3-8-14-32(22)37-33;1-19-13-20(18-9-5-4-8-17(18)19)16-11-10-14-6-2-3-7-15(14)12-16;12-10(13)9-5-7-3-1-2-4-8(7)6-11-9;;;/h5-16,18-23H,3-4H2,1-2H3;2*3-14,16-21H,1-2H3;2-10,12-13H,1H3;1-6H,(H,12,13);;;/q3*-1;-2;;;;+3. The molecule has 1 N–H and O–H groups in total. The minimum absolute atomic E-state index is 0. The van der Waals surface area contributed by atoms with Crippen molar-refractivity contribution >= 4 is 174 Å². The Kier molecular flexibility index (Phi) is 25.1. The predicted molar refractivity (Wildman–Crippen MR) is 610 cm³/mol. The molecule has 30 rings (SSSR count). The van der Waals surface area contributed by atoms with E-state index in [1.807, 2.05) is 36.4 Å². The third-order valence-corrected chi connectivity index (χ3v) is 31.5. The van der Waals surface area contributed by atoms with E-state index in [2.05, 4.69) is 470 Å². The topological polar surface area (TPSA) is 95.3 Å². The summed E-state index contributed by atoms with van der Waals surface area (Å²) < 4.78 is 0. The smallest absolute Gasteiger partial charge is 0.504 e. The monoisotopic (exact) mass is 2450 g/mol. The van der Waals surface area contributed by atoms with Crippen LogP contribution in [0.1, 0.15) is 98.3 Å². The third kappa shape index (κ3) is 16.1. The molecule has 720 valence electrons. The Labute approximate surface area is 906 Å². The number of pyridine rings is 4. The fourth-order valence-electron chi connectivity index (χ4n) is 24.3. The van der Waals surface area contributed by atoms with Crippen LogP contribution in [0.4, 0.5) is 17.1 Å². The van der Waals surface area contributed by atoms with Gasteiger partial charge >= 0.3 is 26.1 Å². The summed E-state index contributed by atoms with van der Waals surface area (Å²) in [5.41, 5.74) is 28.7. The number of hydrogen-bond acceptors (Lipinski definition) is 7. The number of para-hydroxylation sites is 5. The van der Waals surface area contributed by atoms with Gasteiger partial charge in [-0.2, -0.15) is 18.8 Å². The Morgan fingerprint density at radius 2 is 0.664 bits per heavy atom. The predicted octanol–water partition coefficient (Wildman–Crippen LogP) is 35.5. The average Bonchev–Trinajstić information content (AvgIpc) is 1.55. The van der Waals surface area contributed by atoms with Gasteiger partial charge in [-0.1, -0.05) is 391 Å². The second kappa shape index (κ2) is 38.7. The first-order chi connectivity index (χ1) is 71.5. The SMILES string of the molecule is CC1(C)c2cc(-c3ccc4ccccc4n3)[c-]cc2-c2c1ccc1c3ccccc3c3ccccc3c21.CC1(C)c2cc(-c3ccc4ccccc4n3)[c-]cc2-c2ccc3c4ccccc4c4ccccc4c3c21.CCC1(CC)c2cc(-c3ccc4ccccc4n3)[c-]cc2-c2c1ccc1c3ccccc3c3ccccc3c21.CN1[CH-]N(c2[c-]cc3ccccc3c2)c2ccccc21.O=C(O)c1cc2ccccc2cn1.[Ir+3].[Ir].[Ir]. The molecule has 22 aromatic carbocycles. The second-order valence-electron chi connectivity index (χ2n) is 40.0. The largest absolute Gasteiger partial charge is 3.00 e. The van der Waals surface area contributed by atoms with Gasteiger partial charge in [0, 0.05) is 68.6 Å². The van der Waals surface area contributed by atoms with Crippen molar-refractivity contribution in [3.8, 4) is 67.2 Å². The summed E-state index contributed by atoms with van der Waals surface area (Å²) in [5.74, 6) is -0.995. The third-order valence-electron chi connectivity index (χ3n) is 31.5. The summed E-state index contributed by atoms with van der Waals surface area (Å²) in [5, 5.41) is 40.4. The molecule has 2 radical (unpaired) electrons.